The standard InChI is InChI=1S/C12H12BrNO/c1-3-14(4-2)11-7-5-10(6-8-11)12(15)9-13/h3-8H,1-2,9H2. The summed E-state index contributed by atoms with van der Waals surface area (Å²) in [6, 6.07) is 7.30. The molecule has 0 atom stereocenters. The van der Waals surface area contributed by atoms with Gasteiger partial charge in [0.1, 0.15) is 0 Å². The smallest absolute Gasteiger partial charge is 0.173 e. The lowest BCUT2D eigenvalue weighted by molar-refractivity contribution is 0.102. The van der Waals surface area contributed by atoms with Crippen LogP contribution in [-0.4, -0.2) is 11.1 Å². The first kappa shape index (κ1) is 11.7. The highest BCUT2D eigenvalue weighted by molar-refractivity contribution is 9.09. The fraction of sp³-hybridized carbons (Fsp3) is 0.0833. The Hall–Kier alpha value is -1.35. The molecule has 0 spiro atoms. The zero-order valence-electron chi connectivity index (χ0n) is 8.32. The van der Waals surface area contributed by atoms with Gasteiger partial charge in [-0.1, -0.05) is 29.1 Å². The summed E-state index contributed by atoms with van der Waals surface area (Å²) >= 11 is 3.13. The minimum absolute atomic E-state index is 0.0744. The van der Waals surface area contributed by atoms with Crippen molar-refractivity contribution in [3.05, 3.63) is 55.4 Å². The number of rotatable bonds is 5. The minimum atomic E-state index is 0.0744. The van der Waals surface area contributed by atoms with E-state index < -0.39 is 0 Å². The van der Waals surface area contributed by atoms with E-state index in [2.05, 4.69) is 29.1 Å². The number of hydrogen-bond donors (Lipinski definition) is 0. The maximum atomic E-state index is 11.3. The van der Waals surface area contributed by atoms with Gasteiger partial charge in [-0.15, -0.1) is 0 Å². The van der Waals surface area contributed by atoms with Crippen LogP contribution in [0.4, 0.5) is 5.69 Å². The summed E-state index contributed by atoms with van der Waals surface area (Å²) in [6.45, 7) is 7.32. The van der Waals surface area contributed by atoms with Crippen LogP contribution in [-0.2, 0) is 0 Å². The molecular weight excluding hydrogens is 254 g/mol. The van der Waals surface area contributed by atoms with Gasteiger partial charge in [0.05, 0.1) is 5.33 Å². The first-order valence-corrected chi connectivity index (χ1v) is 5.57. The molecule has 0 saturated carbocycles. The van der Waals surface area contributed by atoms with Crippen molar-refractivity contribution in [1.82, 2.24) is 0 Å². The van der Waals surface area contributed by atoms with Gasteiger partial charge < -0.3 is 4.90 Å². The summed E-state index contributed by atoms with van der Waals surface area (Å²) in [7, 11) is 0. The second-order valence-corrected chi connectivity index (χ2v) is 3.44. The molecule has 0 N–H and O–H groups in total. The Bertz CT molecular complexity index is 362. The quantitative estimate of drug-likeness (QED) is 0.601. The second kappa shape index (κ2) is 5.51. The van der Waals surface area contributed by atoms with Gasteiger partial charge in [0.15, 0.2) is 5.78 Å². The van der Waals surface area contributed by atoms with E-state index in [9.17, 15) is 4.79 Å². The molecule has 2 nitrogen and oxygen atoms in total. The zero-order chi connectivity index (χ0) is 11.3. The van der Waals surface area contributed by atoms with E-state index in [-0.39, 0.29) is 5.78 Å². The van der Waals surface area contributed by atoms with Crippen LogP contribution in [0.1, 0.15) is 10.4 Å². The molecule has 0 heterocycles. The summed E-state index contributed by atoms with van der Waals surface area (Å²) in [5, 5.41) is 0.346. The van der Waals surface area contributed by atoms with E-state index in [1.54, 1.807) is 29.4 Å². The van der Waals surface area contributed by atoms with E-state index in [1.807, 2.05) is 12.1 Å². The first-order chi connectivity index (χ1) is 7.22. The number of halogens is 1. The number of anilines is 1. The van der Waals surface area contributed by atoms with Crippen LogP contribution >= 0.6 is 15.9 Å². The Morgan fingerprint density at radius 3 is 2.20 bits per heavy atom. The molecule has 0 radical (unpaired) electrons. The molecule has 1 aromatic rings. The molecule has 78 valence electrons. The number of Topliss-reactive ketones (excluding diaryl/α,β-unsaturated/α-hetero) is 1. The van der Waals surface area contributed by atoms with Crippen molar-refractivity contribution in [3.8, 4) is 0 Å². The summed E-state index contributed by atoms with van der Waals surface area (Å²) in [5.41, 5.74) is 1.63. The van der Waals surface area contributed by atoms with Crippen molar-refractivity contribution >= 4 is 27.4 Å². The van der Waals surface area contributed by atoms with Crippen molar-refractivity contribution in [2.45, 2.75) is 0 Å². The van der Waals surface area contributed by atoms with Gasteiger partial charge in [-0.3, -0.25) is 4.79 Å². The predicted molar refractivity (Wildman–Crippen MR) is 67.4 cm³/mol. The molecule has 0 bridgehead atoms. The van der Waals surface area contributed by atoms with E-state index in [0.29, 0.717) is 10.9 Å². The predicted octanol–water partition coefficient (Wildman–Crippen LogP) is 3.36. The third-order valence-electron chi connectivity index (χ3n) is 2.00. The molecular formula is C12H12BrNO. The Morgan fingerprint density at radius 1 is 1.27 bits per heavy atom. The highest BCUT2D eigenvalue weighted by Gasteiger charge is 2.04. The molecule has 0 aliphatic rings. The average molecular weight is 266 g/mol. The lowest BCUT2D eigenvalue weighted by Gasteiger charge is -2.14. The maximum absolute atomic E-state index is 11.3. The van der Waals surface area contributed by atoms with Gasteiger partial charge in [0.25, 0.3) is 0 Å². The van der Waals surface area contributed by atoms with Crippen LogP contribution in [0.5, 0.6) is 0 Å². The first-order valence-electron chi connectivity index (χ1n) is 4.45. The Labute approximate surface area is 98.0 Å². The summed E-state index contributed by atoms with van der Waals surface area (Å²) < 4.78 is 0. The minimum Gasteiger partial charge on any atom is -0.325 e. The van der Waals surface area contributed by atoms with Crippen LogP contribution in [0.15, 0.2) is 49.8 Å². The van der Waals surface area contributed by atoms with Crippen molar-refractivity contribution in [1.29, 1.82) is 0 Å². The fourth-order valence-corrected chi connectivity index (χ4v) is 1.51. The molecule has 0 unspecified atom stereocenters. The number of benzene rings is 1. The summed E-state index contributed by atoms with van der Waals surface area (Å²) in [4.78, 5) is 13.1. The van der Waals surface area contributed by atoms with Crippen molar-refractivity contribution in [2.75, 3.05) is 10.2 Å². The van der Waals surface area contributed by atoms with Crippen molar-refractivity contribution in [3.63, 3.8) is 0 Å². The van der Waals surface area contributed by atoms with Gasteiger partial charge in [-0.25, -0.2) is 0 Å². The topological polar surface area (TPSA) is 20.3 Å². The number of nitrogens with zero attached hydrogens (tertiary/aromatic N) is 1. The van der Waals surface area contributed by atoms with Crippen LogP contribution in [0.3, 0.4) is 0 Å². The normalized spacial score (nSPS) is 9.40. The molecule has 1 rings (SSSR count). The van der Waals surface area contributed by atoms with Gasteiger partial charge in [-0.05, 0) is 24.3 Å². The third kappa shape index (κ3) is 2.80. The van der Waals surface area contributed by atoms with E-state index in [0.717, 1.165) is 5.69 Å². The molecule has 0 aliphatic heterocycles. The van der Waals surface area contributed by atoms with Crippen molar-refractivity contribution in [2.24, 2.45) is 0 Å². The molecule has 0 saturated heterocycles. The number of hydrogen-bond acceptors (Lipinski definition) is 2. The monoisotopic (exact) mass is 265 g/mol. The molecule has 3 heteroatoms. The SMILES string of the molecule is C=CN(C=C)c1ccc(C(=O)CBr)cc1. The molecule has 1 aromatic carbocycles. The number of carbonyl (C=O) groups excluding carboxylic acids is 1. The molecule has 0 aromatic heterocycles. The van der Waals surface area contributed by atoms with Crippen LogP contribution in [0.2, 0.25) is 0 Å². The van der Waals surface area contributed by atoms with Crippen LogP contribution in [0, 0.1) is 0 Å². The maximum Gasteiger partial charge on any atom is 0.173 e. The summed E-state index contributed by atoms with van der Waals surface area (Å²) in [5.74, 6) is 0.0744. The molecule has 0 fully saturated rings. The lowest BCUT2D eigenvalue weighted by atomic mass is 10.1. The Kier molecular flexibility index (Phi) is 4.31. The van der Waals surface area contributed by atoms with Gasteiger partial charge in [0, 0.05) is 23.7 Å². The highest BCUT2D eigenvalue weighted by atomic mass is 79.9. The molecule has 15 heavy (non-hydrogen) atoms. The van der Waals surface area contributed by atoms with Crippen molar-refractivity contribution < 1.29 is 4.79 Å². The van der Waals surface area contributed by atoms with Crippen LogP contribution in [0.25, 0.3) is 0 Å². The van der Waals surface area contributed by atoms with E-state index in [4.69, 9.17) is 0 Å². The van der Waals surface area contributed by atoms with Crippen LogP contribution < -0.4 is 4.90 Å². The lowest BCUT2D eigenvalue weighted by Crippen LogP contribution is -2.06. The fourth-order valence-electron chi connectivity index (χ4n) is 1.18. The number of ketones is 1. The Balaban J connectivity index is 2.93. The average Bonchev–Trinajstić information content (AvgIpc) is 2.30. The summed E-state index contributed by atoms with van der Waals surface area (Å²) in [6.07, 6.45) is 3.32. The molecule has 0 amide bonds. The van der Waals surface area contributed by atoms with E-state index in [1.165, 1.54) is 0 Å². The second-order valence-electron chi connectivity index (χ2n) is 2.88. The molecule has 0 aliphatic carbocycles. The number of alkyl halides is 1. The Morgan fingerprint density at radius 2 is 1.80 bits per heavy atom. The largest absolute Gasteiger partial charge is 0.325 e. The van der Waals surface area contributed by atoms with Gasteiger partial charge in [0.2, 0.25) is 0 Å². The zero-order valence-corrected chi connectivity index (χ0v) is 9.90. The third-order valence-corrected chi connectivity index (χ3v) is 2.51. The highest BCUT2D eigenvalue weighted by Crippen LogP contribution is 2.16. The van der Waals surface area contributed by atoms with Gasteiger partial charge in [-0.2, -0.15) is 0 Å². The number of carbonyl (C=O) groups is 1. The van der Waals surface area contributed by atoms with Gasteiger partial charge >= 0.3 is 0 Å². The van der Waals surface area contributed by atoms with E-state index >= 15 is 0 Å².